The van der Waals surface area contributed by atoms with Crippen LogP contribution in [0.25, 0.3) is 17.0 Å². The third-order valence-electron chi connectivity index (χ3n) is 6.23. The molecule has 0 saturated carbocycles. The van der Waals surface area contributed by atoms with Gasteiger partial charge in [-0.1, -0.05) is 12.6 Å². The zero-order valence-electron chi connectivity index (χ0n) is 20.1. The first-order valence-corrected chi connectivity index (χ1v) is 11.6. The van der Waals surface area contributed by atoms with Gasteiger partial charge >= 0.3 is 0 Å². The van der Waals surface area contributed by atoms with Crippen molar-refractivity contribution in [3.05, 3.63) is 78.1 Å². The second-order valence-electron chi connectivity index (χ2n) is 9.18. The molecule has 1 saturated heterocycles. The van der Waals surface area contributed by atoms with Crippen LogP contribution in [0.15, 0.2) is 61.2 Å². The maximum Gasteiger partial charge on any atom is 0.147 e. The summed E-state index contributed by atoms with van der Waals surface area (Å²) in [6, 6.07) is 12.3. The van der Waals surface area contributed by atoms with Crippen molar-refractivity contribution in [3.8, 4) is 17.3 Å². The Labute approximate surface area is 201 Å². The zero-order valence-corrected chi connectivity index (χ0v) is 20.1. The van der Waals surface area contributed by atoms with Gasteiger partial charge in [0.2, 0.25) is 0 Å². The van der Waals surface area contributed by atoms with Gasteiger partial charge in [0.15, 0.2) is 0 Å². The van der Waals surface area contributed by atoms with Gasteiger partial charge in [0.05, 0.1) is 41.0 Å². The smallest absolute Gasteiger partial charge is 0.147 e. The van der Waals surface area contributed by atoms with E-state index in [0.29, 0.717) is 5.69 Å². The first-order valence-electron chi connectivity index (χ1n) is 11.6. The van der Waals surface area contributed by atoms with E-state index in [2.05, 4.69) is 57.6 Å². The van der Waals surface area contributed by atoms with Crippen LogP contribution in [0.3, 0.4) is 0 Å². The van der Waals surface area contributed by atoms with Gasteiger partial charge in [0.25, 0.3) is 0 Å². The number of hydrogen-bond acceptors (Lipinski definition) is 6. The molecule has 0 unspecified atom stereocenters. The molecule has 2 aromatic heterocycles. The fourth-order valence-electron chi connectivity index (χ4n) is 4.08. The number of rotatable bonds is 6. The Hall–Kier alpha value is -3.94. The molecule has 3 aromatic rings. The lowest BCUT2D eigenvalue weighted by Gasteiger charge is -2.27. The highest BCUT2D eigenvalue weighted by Gasteiger charge is 2.22. The Morgan fingerprint density at radius 3 is 2.65 bits per heavy atom. The number of nitrogens with one attached hydrogen (secondary N) is 1. The number of piperidine rings is 1. The van der Waals surface area contributed by atoms with Crippen LogP contribution in [0, 0.1) is 18.3 Å². The summed E-state index contributed by atoms with van der Waals surface area (Å²) >= 11 is 0. The van der Waals surface area contributed by atoms with E-state index in [4.69, 9.17) is 4.98 Å². The molecule has 172 valence electrons. The summed E-state index contributed by atoms with van der Waals surface area (Å²) in [5.41, 5.74) is 8.53. The predicted octanol–water partition coefficient (Wildman–Crippen LogP) is 5.88. The lowest BCUT2D eigenvalue weighted by atomic mass is 9.90. The van der Waals surface area contributed by atoms with Gasteiger partial charge in [-0.25, -0.2) is 4.98 Å². The van der Waals surface area contributed by atoms with Crippen molar-refractivity contribution in [1.82, 2.24) is 15.0 Å². The van der Waals surface area contributed by atoms with E-state index in [-0.39, 0.29) is 0 Å². The molecular weight excluding hydrogens is 420 g/mol. The molecule has 1 aliphatic rings. The van der Waals surface area contributed by atoms with Crippen LogP contribution in [0.1, 0.15) is 49.9 Å². The molecule has 0 amide bonds. The fraction of sp³-hybridized carbons (Fsp3) is 0.321. The third kappa shape index (κ3) is 5.01. The highest BCUT2D eigenvalue weighted by atomic mass is 15.2. The van der Waals surface area contributed by atoms with Crippen molar-refractivity contribution in [2.45, 2.75) is 45.4 Å². The lowest BCUT2D eigenvalue weighted by molar-refractivity contribution is 0.573. The maximum atomic E-state index is 9.48. The van der Waals surface area contributed by atoms with E-state index in [1.807, 2.05) is 44.4 Å². The number of nitrogens with zero attached hydrogens (tertiary/aromatic N) is 5. The molecule has 3 heterocycles. The van der Waals surface area contributed by atoms with Gasteiger partial charge in [-0.3, -0.25) is 9.97 Å². The Morgan fingerprint density at radius 2 is 1.91 bits per heavy atom. The van der Waals surface area contributed by atoms with E-state index < -0.39 is 5.41 Å². The molecule has 1 aliphatic heterocycles. The predicted molar refractivity (Wildman–Crippen MR) is 137 cm³/mol. The molecule has 6 nitrogen and oxygen atoms in total. The average molecular weight is 451 g/mol. The molecule has 0 spiro atoms. The number of anilines is 2. The molecule has 1 N–H and O–H groups in total. The summed E-state index contributed by atoms with van der Waals surface area (Å²) < 4.78 is 0. The lowest BCUT2D eigenvalue weighted by Crippen LogP contribution is -2.30. The third-order valence-corrected chi connectivity index (χ3v) is 6.23. The summed E-state index contributed by atoms with van der Waals surface area (Å²) in [4.78, 5) is 16.1. The first kappa shape index (κ1) is 23.2. The quantitative estimate of drug-likeness (QED) is 0.473. The van der Waals surface area contributed by atoms with Gasteiger partial charge in [-0.2, -0.15) is 5.26 Å². The second kappa shape index (κ2) is 9.91. The Kier molecular flexibility index (Phi) is 6.77. The zero-order chi connectivity index (χ0) is 24.1. The molecule has 0 atom stereocenters. The second-order valence-corrected chi connectivity index (χ2v) is 9.18. The van der Waals surface area contributed by atoms with Crippen LogP contribution >= 0.6 is 0 Å². The van der Waals surface area contributed by atoms with Crippen LogP contribution in [-0.2, 0) is 5.41 Å². The van der Waals surface area contributed by atoms with Gasteiger partial charge in [0.1, 0.15) is 5.82 Å². The van der Waals surface area contributed by atoms with Crippen LogP contribution in [0.2, 0.25) is 0 Å². The molecular formula is C28H30N6. The van der Waals surface area contributed by atoms with E-state index in [1.54, 1.807) is 6.20 Å². The van der Waals surface area contributed by atoms with E-state index in [0.717, 1.165) is 52.7 Å². The molecule has 1 fully saturated rings. The standard InChI is InChI=1S/C28H30N6/c1-5-24(21-11-12-31-26(15-21)28(3,4)19-29)32-22-10-9-20(2)23(16-22)25-17-30-18-27(33-25)34-13-7-6-8-14-34/h9-12,15-18,32H,1,6-8,13-14H2,2-4H3. The summed E-state index contributed by atoms with van der Waals surface area (Å²) in [6.45, 7) is 11.7. The Morgan fingerprint density at radius 1 is 1.12 bits per heavy atom. The van der Waals surface area contributed by atoms with Crippen LogP contribution in [0.5, 0.6) is 0 Å². The van der Waals surface area contributed by atoms with Crippen molar-refractivity contribution >= 4 is 17.2 Å². The topological polar surface area (TPSA) is 77.7 Å². The summed E-state index contributed by atoms with van der Waals surface area (Å²) in [5, 5.41) is 12.9. The van der Waals surface area contributed by atoms with E-state index in [9.17, 15) is 5.26 Å². The van der Waals surface area contributed by atoms with Crippen molar-refractivity contribution in [2.24, 2.45) is 0 Å². The minimum absolute atomic E-state index is 0.683. The summed E-state index contributed by atoms with van der Waals surface area (Å²) in [5.74, 6) is 0.936. The van der Waals surface area contributed by atoms with Gasteiger partial charge in [0, 0.05) is 36.1 Å². The van der Waals surface area contributed by atoms with E-state index >= 15 is 0 Å². The molecule has 34 heavy (non-hydrogen) atoms. The van der Waals surface area contributed by atoms with Gasteiger partial charge in [-0.05, 0) is 69.9 Å². The average Bonchev–Trinajstić information content (AvgIpc) is 2.89. The molecule has 0 aliphatic carbocycles. The first-order chi connectivity index (χ1) is 16.4. The van der Waals surface area contributed by atoms with Gasteiger partial charge < -0.3 is 10.2 Å². The van der Waals surface area contributed by atoms with Crippen molar-refractivity contribution in [3.63, 3.8) is 0 Å². The molecule has 0 bridgehead atoms. The highest BCUT2D eigenvalue weighted by Crippen LogP contribution is 2.29. The molecule has 6 heteroatoms. The van der Waals surface area contributed by atoms with Crippen molar-refractivity contribution in [2.75, 3.05) is 23.3 Å². The van der Waals surface area contributed by atoms with Crippen molar-refractivity contribution in [1.29, 1.82) is 5.26 Å². The minimum atomic E-state index is -0.683. The number of nitriles is 1. The summed E-state index contributed by atoms with van der Waals surface area (Å²) in [6.07, 6.45) is 9.07. The molecule has 0 radical (unpaired) electrons. The fourth-order valence-corrected chi connectivity index (χ4v) is 4.08. The van der Waals surface area contributed by atoms with Gasteiger partial charge in [-0.15, -0.1) is 5.73 Å². The van der Waals surface area contributed by atoms with Crippen LogP contribution in [0.4, 0.5) is 11.5 Å². The Bertz CT molecular complexity index is 1270. The Balaban J connectivity index is 1.62. The monoisotopic (exact) mass is 450 g/mol. The molecule has 4 rings (SSSR count). The van der Waals surface area contributed by atoms with Crippen LogP contribution < -0.4 is 10.2 Å². The maximum absolute atomic E-state index is 9.48. The number of hydrogen-bond donors (Lipinski definition) is 1. The number of pyridine rings is 1. The van der Waals surface area contributed by atoms with Crippen molar-refractivity contribution < 1.29 is 0 Å². The summed E-state index contributed by atoms with van der Waals surface area (Å²) in [7, 11) is 0. The highest BCUT2D eigenvalue weighted by molar-refractivity contribution is 5.79. The van der Waals surface area contributed by atoms with E-state index in [1.165, 1.54) is 19.3 Å². The molecule has 1 aromatic carbocycles. The van der Waals surface area contributed by atoms with Crippen LogP contribution in [-0.4, -0.2) is 28.0 Å². The number of benzene rings is 1. The normalized spacial score (nSPS) is 13.6. The SMILES string of the molecule is C=C=C(Nc1ccc(C)c(-c2cncc(N3CCCCC3)n2)c1)c1ccnc(C(C)(C)C#N)c1. The number of aryl methyl sites for hydroxylation is 1. The minimum Gasteiger partial charge on any atom is -0.355 e. The number of aromatic nitrogens is 3. The largest absolute Gasteiger partial charge is 0.355 e.